The second-order valence-electron chi connectivity index (χ2n) is 4.71. The quantitative estimate of drug-likeness (QED) is 0.580. The Morgan fingerprint density at radius 2 is 2.00 bits per heavy atom. The van der Waals surface area contributed by atoms with E-state index in [1.807, 2.05) is 13.0 Å². The maximum Gasteiger partial charge on any atom is 0.229 e. The van der Waals surface area contributed by atoms with Crippen molar-refractivity contribution in [2.24, 2.45) is 0 Å². The van der Waals surface area contributed by atoms with Gasteiger partial charge in [-0.3, -0.25) is 4.79 Å². The largest absolute Gasteiger partial charge is 0.307 e. The molecule has 96 valence electrons. The van der Waals surface area contributed by atoms with Gasteiger partial charge in [-0.15, -0.1) is 0 Å². The van der Waals surface area contributed by atoms with Gasteiger partial charge in [-0.2, -0.15) is 0 Å². The zero-order valence-corrected chi connectivity index (χ0v) is 11.4. The van der Waals surface area contributed by atoms with Gasteiger partial charge >= 0.3 is 0 Å². The van der Waals surface area contributed by atoms with Gasteiger partial charge in [0.1, 0.15) is 5.78 Å². The zero-order chi connectivity index (χ0) is 14.2. The summed E-state index contributed by atoms with van der Waals surface area (Å²) in [6.45, 7) is 10.6. The van der Waals surface area contributed by atoms with E-state index in [9.17, 15) is 9.59 Å². The Morgan fingerprint density at radius 1 is 1.32 bits per heavy atom. The van der Waals surface area contributed by atoms with E-state index in [4.69, 9.17) is 18.2 Å². The topological polar surface area (TPSA) is 38.5 Å². The number of rotatable bonds is 1. The highest BCUT2D eigenvalue weighted by Gasteiger charge is 2.37. The monoisotopic (exact) mass is 273 g/mol. The Morgan fingerprint density at radius 3 is 2.63 bits per heavy atom. The molecular formula is C15H12ClNO2. The van der Waals surface area contributed by atoms with Crippen LogP contribution in [-0.4, -0.2) is 11.6 Å². The summed E-state index contributed by atoms with van der Waals surface area (Å²) in [6, 6.07) is 5.24. The zero-order valence-electron chi connectivity index (χ0n) is 10.7. The SMILES string of the molecule is [C-]#[N+]C1=C(C)CC(=O)C(c2cc(C)ccc2Cl)C1=O. The summed E-state index contributed by atoms with van der Waals surface area (Å²) in [4.78, 5) is 27.7. The number of nitrogens with zero attached hydrogens (tertiary/aromatic N) is 1. The average molecular weight is 274 g/mol. The highest BCUT2D eigenvalue weighted by atomic mass is 35.5. The molecule has 0 aliphatic heterocycles. The maximum atomic E-state index is 12.3. The summed E-state index contributed by atoms with van der Waals surface area (Å²) in [5.41, 5.74) is 2.05. The minimum Gasteiger partial charge on any atom is -0.307 e. The van der Waals surface area contributed by atoms with Crippen molar-refractivity contribution in [1.82, 2.24) is 0 Å². The third-order valence-corrected chi connectivity index (χ3v) is 3.58. The van der Waals surface area contributed by atoms with Crippen LogP contribution in [0.15, 0.2) is 29.5 Å². The fourth-order valence-corrected chi connectivity index (χ4v) is 2.52. The smallest absolute Gasteiger partial charge is 0.229 e. The molecule has 0 bridgehead atoms. The lowest BCUT2D eigenvalue weighted by Crippen LogP contribution is -2.28. The predicted octanol–water partition coefficient (Wildman–Crippen LogP) is 3.47. The fourth-order valence-electron chi connectivity index (χ4n) is 2.29. The molecule has 19 heavy (non-hydrogen) atoms. The van der Waals surface area contributed by atoms with Crippen molar-refractivity contribution in [1.29, 1.82) is 0 Å². The van der Waals surface area contributed by atoms with Gasteiger partial charge in [0, 0.05) is 11.4 Å². The first-order chi connectivity index (χ1) is 8.95. The summed E-state index contributed by atoms with van der Waals surface area (Å²) in [7, 11) is 0. The van der Waals surface area contributed by atoms with Gasteiger partial charge in [-0.05, 0) is 18.6 Å². The van der Waals surface area contributed by atoms with Crippen LogP contribution in [0.25, 0.3) is 4.85 Å². The molecule has 2 rings (SSSR count). The molecule has 4 heteroatoms. The molecule has 1 aromatic rings. The van der Waals surface area contributed by atoms with Gasteiger partial charge in [-0.25, -0.2) is 4.85 Å². The Labute approximate surface area is 116 Å². The molecule has 1 aliphatic rings. The second-order valence-corrected chi connectivity index (χ2v) is 5.11. The third kappa shape index (κ3) is 2.32. The van der Waals surface area contributed by atoms with Crippen LogP contribution in [0.4, 0.5) is 0 Å². The van der Waals surface area contributed by atoms with Gasteiger partial charge in [0.25, 0.3) is 0 Å². The van der Waals surface area contributed by atoms with E-state index in [2.05, 4.69) is 4.85 Å². The summed E-state index contributed by atoms with van der Waals surface area (Å²) >= 11 is 6.09. The summed E-state index contributed by atoms with van der Waals surface area (Å²) in [6.07, 6.45) is 0.137. The predicted molar refractivity (Wildman–Crippen MR) is 72.9 cm³/mol. The minimum absolute atomic E-state index is 0.0715. The first-order valence-electron chi connectivity index (χ1n) is 5.86. The van der Waals surface area contributed by atoms with Gasteiger partial charge in [-0.1, -0.05) is 41.8 Å². The van der Waals surface area contributed by atoms with Gasteiger partial charge < -0.3 is 4.79 Å². The molecular weight excluding hydrogens is 262 g/mol. The van der Waals surface area contributed by atoms with E-state index in [1.165, 1.54) is 0 Å². The Hall–Kier alpha value is -1.92. The lowest BCUT2D eigenvalue weighted by molar-refractivity contribution is -0.127. The van der Waals surface area contributed by atoms with Gasteiger partial charge in [0.2, 0.25) is 5.70 Å². The number of allylic oxidation sites excluding steroid dienone is 2. The molecule has 0 radical (unpaired) electrons. The van der Waals surface area contributed by atoms with Crippen molar-refractivity contribution in [3.05, 3.63) is 57.0 Å². The molecule has 1 aromatic carbocycles. The van der Waals surface area contributed by atoms with E-state index >= 15 is 0 Å². The van der Waals surface area contributed by atoms with Crippen LogP contribution >= 0.6 is 11.6 Å². The first-order valence-corrected chi connectivity index (χ1v) is 6.23. The normalized spacial score (nSPS) is 19.6. The van der Waals surface area contributed by atoms with Gasteiger partial charge in [0.05, 0.1) is 12.5 Å². The summed E-state index contributed by atoms with van der Waals surface area (Å²) < 4.78 is 0. The number of aryl methyl sites for hydroxylation is 1. The van der Waals surface area contributed by atoms with Crippen molar-refractivity contribution < 1.29 is 9.59 Å². The molecule has 3 nitrogen and oxygen atoms in total. The molecule has 0 saturated heterocycles. The van der Waals surface area contributed by atoms with Crippen molar-refractivity contribution in [3.8, 4) is 0 Å². The van der Waals surface area contributed by atoms with Crippen molar-refractivity contribution in [2.75, 3.05) is 0 Å². The molecule has 0 saturated carbocycles. The van der Waals surface area contributed by atoms with E-state index in [1.54, 1.807) is 19.1 Å². The number of benzene rings is 1. The molecule has 0 spiro atoms. The Bertz CT molecular complexity index is 653. The second kappa shape index (κ2) is 4.99. The minimum atomic E-state index is -0.930. The van der Waals surface area contributed by atoms with E-state index in [0.717, 1.165) is 5.56 Å². The van der Waals surface area contributed by atoms with Crippen LogP contribution in [0, 0.1) is 13.5 Å². The molecule has 1 aliphatic carbocycles. The fraction of sp³-hybridized carbons (Fsp3) is 0.267. The first kappa shape index (κ1) is 13.5. The number of hydrogen-bond donors (Lipinski definition) is 0. The maximum absolute atomic E-state index is 12.3. The summed E-state index contributed by atoms with van der Waals surface area (Å²) in [5.74, 6) is -1.56. The molecule has 0 aromatic heterocycles. The number of halogens is 1. The Kier molecular flexibility index (Phi) is 3.55. The van der Waals surface area contributed by atoms with Crippen LogP contribution in [0.5, 0.6) is 0 Å². The lowest BCUT2D eigenvalue weighted by atomic mass is 9.80. The number of carbonyl (C=O) groups is 2. The molecule has 0 N–H and O–H groups in total. The van der Waals surface area contributed by atoms with Crippen LogP contribution in [0.3, 0.4) is 0 Å². The number of hydrogen-bond acceptors (Lipinski definition) is 2. The number of ketones is 2. The number of Topliss-reactive ketones (excluding diaryl/α,β-unsaturated/α-hetero) is 2. The van der Waals surface area contributed by atoms with E-state index < -0.39 is 11.7 Å². The third-order valence-electron chi connectivity index (χ3n) is 3.24. The highest BCUT2D eigenvalue weighted by molar-refractivity contribution is 6.33. The molecule has 0 heterocycles. The van der Waals surface area contributed by atoms with Crippen molar-refractivity contribution >= 4 is 23.2 Å². The molecule has 1 unspecified atom stereocenters. The van der Waals surface area contributed by atoms with Crippen molar-refractivity contribution in [2.45, 2.75) is 26.2 Å². The average Bonchev–Trinajstić information content (AvgIpc) is 2.33. The van der Waals surface area contributed by atoms with Crippen LogP contribution in [0.1, 0.15) is 30.4 Å². The number of carbonyl (C=O) groups excluding carboxylic acids is 2. The van der Waals surface area contributed by atoms with E-state index in [0.29, 0.717) is 16.2 Å². The van der Waals surface area contributed by atoms with Gasteiger partial charge in [0.15, 0.2) is 5.78 Å². The molecule has 0 fully saturated rings. The summed E-state index contributed by atoms with van der Waals surface area (Å²) in [5, 5.41) is 0.390. The molecule has 0 amide bonds. The lowest BCUT2D eigenvalue weighted by Gasteiger charge is -2.22. The van der Waals surface area contributed by atoms with Crippen LogP contribution < -0.4 is 0 Å². The standard InChI is InChI=1S/C15H12ClNO2/c1-8-4-5-11(16)10(6-8)13-12(18)7-9(2)14(17-3)15(13)19/h4-6,13H,7H2,1-2H3. The highest BCUT2D eigenvalue weighted by Crippen LogP contribution is 2.35. The Balaban J connectivity index is 2.57. The van der Waals surface area contributed by atoms with Crippen LogP contribution in [0.2, 0.25) is 5.02 Å². The van der Waals surface area contributed by atoms with Crippen LogP contribution in [-0.2, 0) is 9.59 Å². The van der Waals surface area contributed by atoms with E-state index in [-0.39, 0.29) is 17.9 Å². The van der Waals surface area contributed by atoms with Crippen molar-refractivity contribution in [3.63, 3.8) is 0 Å². The molecule has 1 atom stereocenters.